The van der Waals surface area contributed by atoms with Gasteiger partial charge in [0, 0.05) is 0 Å². The van der Waals surface area contributed by atoms with E-state index in [9.17, 15) is 12.9 Å². The summed E-state index contributed by atoms with van der Waals surface area (Å²) >= 11 is 0. The van der Waals surface area contributed by atoms with Crippen LogP contribution in [-0.4, -0.2) is 6.98 Å². The molecule has 0 radical (unpaired) electrons. The fourth-order valence-electron chi connectivity index (χ4n) is 0.975. The topological polar surface area (TPSA) is 0 Å². The van der Waals surface area contributed by atoms with Crippen LogP contribution in [0.5, 0.6) is 0 Å². The number of halogens is 3. The van der Waals surface area contributed by atoms with Gasteiger partial charge in [0.1, 0.15) is 0 Å². The minimum atomic E-state index is -4.75. The molecule has 0 fully saturated rings. The molecule has 0 bridgehead atoms. The Morgan fingerprint density at radius 3 is 1.92 bits per heavy atom. The van der Waals surface area contributed by atoms with Crippen LogP contribution in [0.2, 0.25) is 0 Å². The largest absolute Gasteiger partial charge is 1.00 e. The summed E-state index contributed by atoms with van der Waals surface area (Å²) in [6, 6.07) is 7.95. The summed E-state index contributed by atoms with van der Waals surface area (Å²) in [5, 5.41) is 0. The fraction of sp³-hybridized carbons (Fsp3) is 0.250. The number of hydrogen-bond acceptors (Lipinski definition) is 0. The first-order chi connectivity index (χ1) is 5.52. The van der Waals surface area contributed by atoms with E-state index in [0.717, 1.165) is 0 Å². The molecule has 0 nitrogen and oxygen atoms in total. The first kappa shape index (κ1) is 13.7. The van der Waals surface area contributed by atoms with Crippen molar-refractivity contribution < 1.29 is 64.3 Å². The molecule has 1 atom stereocenters. The zero-order valence-electron chi connectivity index (χ0n) is 7.68. The second-order valence-corrected chi connectivity index (χ2v) is 2.82. The smallest absolute Gasteiger partial charge is 0.448 e. The van der Waals surface area contributed by atoms with E-state index >= 15 is 0 Å². The molecule has 1 aromatic rings. The van der Waals surface area contributed by atoms with Gasteiger partial charge >= 0.3 is 58.4 Å². The van der Waals surface area contributed by atoms with E-state index in [0.29, 0.717) is 5.56 Å². The SMILES string of the molecule is CC(c1ccccc1)[B-](F)(F)F.[K+]. The maximum atomic E-state index is 12.2. The first-order valence-electron chi connectivity index (χ1n) is 3.76. The molecule has 13 heavy (non-hydrogen) atoms. The van der Waals surface area contributed by atoms with Gasteiger partial charge < -0.3 is 12.9 Å². The van der Waals surface area contributed by atoms with Crippen molar-refractivity contribution in [3.05, 3.63) is 35.9 Å². The van der Waals surface area contributed by atoms with Crippen LogP contribution in [0.15, 0.2) is 30.3 Å². The normalized spacial score (nSPS) is 13.2. The summed E-state index contributed by atoms with van der Waals surface area (Å²) in [4.78, 5) is 0. The van der Waals surface area contributed by atoms with Gasteiger partial charge in [-0.25, -0.2) is 0 Å². The zero-order chi connectivity index (χ0) is 9.19. The third kappa shape index (κ3) is 4.17. The Hall–Kier alpha value is 0.711. The van der Waals surface area contributed by atoms with Crippen molar-refractivity contribution in [1.82, 2.24) is 0 Å². The van der Waals surface area contributed by atoms with E-state index in [1.807, 2.05) is 0 Å². The molecule has 0 aliphatic heterocycles. The Balaban J connectivity index is 0.00000144. The van der Waals surface area contributed by atoms with Gasteiger partial charge in [-0.15, -0.1) is 0 Å². The Kier molecular flexibility index (Phi) is 5.86. The van der Waals surface area contributed by atoms with Gasteiger partial charge in [0.15, 0.2) is 0 Å². The molecule has 0 saturated heterocycles. The quantitative estimate of drug-likeness (QED) is 0.613. The minimum Gasteiger partial charge on any atom is -0.448 e. The Labute approximate surface area is 118 Å². The monoisotopic (exact) mass is 212 g/mol. The molecular formula is C8H9BF3K. The average Bonchev–Trinajstić information content (AvgIpc) is 2.03. The predicted octanol–water partition coefficient (Wildman–Crippen LogP) is 0.181. The molecule has 0 spiro atoms. The van der Waals surface area contributed by atoms with E-state index in [4.69, 9.17) is 0 Å². The van der Waals surface area contributed by atoms with Crippen molar-refractivity contribution in [3.8, 4) is 0 Å². The molecule has 1 rings (SSSR count). The average molecular weight is 212 g/mol. The van der Waals surface area contributed by atoms with Crippen LogP contribution in [-0.2, 0) is 0 Å². The van der Waals surface area contributed by atoms with Gasteiger partial charge in [0.25, 0.3) is 0 Å². The molecule has 0 amide bonds. The van der Waals surface area contributed by atoms with Crippen molar-refractivity contribution in [2.45, 2.75) is 12.7 Å². The molecule has 0 aliphatic rings. The van der Waals surface area contributed by atoms with Crippen molar-refractivity contribution in [2.24, 2.45) is 0 Å². The minimum absolute atomic E-state index is 0. The number of hydrogen-bond donors (Lipinski definition) is 0. The zero-order valence-corrected chi connectivity index (χ0v) is 10.8. The van der Waals surface area contributed by atoms with Crippen molar-refractivity contribution in [3.63, 3.8) is 0 Å². The third-order valence-electron chi connectivity index (χ3n) is 1.89. The van der Waals surface area contributed by atoms with E-state index in [1.165, 1.54) is 19.1 Å². The molecular weight excluding hydrogens is 203 g/mol. The molecule has 0 heterocycles. The molecule has 1 unspecified atom stereocenters. The van der Waals surface area contributed by atoms with Gasteiger partial charge in [0.2, 0.25) is 0 Å². The number of rotatable bonds is 2. The molecule has 0 saturated carbocycles. The Bertz CT molecular complexity index is 247. The summed E-state index contributed by atoms with van der Waals surface area (Å²) in [7, 11) is 0. The van der Waals surface area contributed by atoms with Crippen molar-refractivity contribution >= 4 is 6.98 Å². The van der Waals surface area contributed by atoms with Crippen LogP contribution in [0.3, 0.4) is 0 Å². The van der Waals surface area contributed by atoms with Crippen molar-refractivity contribution in [2.75, 3.05) is 0 Å². The fourth-order valence-corrected chi connectivity index (χ4v) is 0.975. The summed E-state index contributed by atoms with van der Waals surface area (Å²) in [5.74, 6) is -1.31. The molecule has 0 aromatic heterocycles. The summed E-state index contributed by atoms with van der Waals surface area (Å²) in [6.45, 7) is -3.56. The molecule has 1 aromatic carbocycles. The van der Waals surface area contributed by atoms with Gasteiger partial charge in [-0.1, -0.05) is 48.6 Å². The van der Waals surface area contributed by atoms with Gasteiger partial charge in [-0.2, -0.15) is 0 Å². The van der Waals surface area contributed by atoms with Gasteiger partial charge in [-0.05, 0) is 0 Å². The van der Waals surface area contributed by atoms with Crippen LogP contribution in [0.25, 0.3) is 0 Å². The maximum absolute atomic E-state index is 12.2. The van der Waals surface area contributed by atoms with Crippen LogP contribution in [0.4, 0.5) is 12.9 Å². The van der Waals surface area contributed by atoms with Crippen LogP contribution in [0.1, 0.15) is 18.3 Å². The first-order valence-corrected chi connectivity index (χ1v) is 3.76. The Morgan fingerprint density at radius 2 is 1.54 bits per heavy atom. The van der Waals surface area contributed by atoms with E-state index in [-0.39, 0.29) is 51.4 Å². The van der Waals surface area contributed by atoms with Crippen LogP contribution < -0.4 is 51.4 Å². The van der Waals surface area contributed by atoms with Crippen molar-refractivity contribution in [1.29, 1.82) is 0 Å². The molecule has 0 aliphatic carbocycles. The standard InChI is InChI=1S/C8H9BF3.K/c1-7(9(10,11)12)8-5-3-2-4-6-8;/h2-7H,1H3;/q-1;+1. The van der Waals surface area contributed by atoms with E-state index in [1.54, 1.807) is 18.2 Å². The summed E-state index contributed by atoms with van der Waals surface area (Å²) in [6.07, 6.45) is 0. The summed E-state index contributed by atoms with van der Waals surface area (Å²) in [5.41, 5.74) is 0.338. The van der Waals surface area contributed by atoms with Crippen LogP contribution in [0, 0.1) is 0 Å². The second kappa shape index (κ2) is 5.56. The summed E-state index contributed by atoms with van der Waals surface area (Å²) < 4.78 is 36.6. The number of benzene rings is 1. The van der Waals surface area contributed by atoms with Crippen LogP contribution >= 0.6 is 0 Å². The predicted molar refractivity (Wildman–Crippen MR) is 43.9 cm³/mol. The Morgan fingerprint density at radius 1 is 1.08 bits per heavy atom. The van der Waals surface area contributed by atoms with Gasteiger partial charge in [-0.3, -0.25) is 0 Å². The van der Waals surface area contributed by atoms with E-state index < -0.39 is 12.8 Å². The molecule has 5 heteroatoms. The van der Waals surface area contributed by atoms with E-state index in [2.05, 4.69) is 0 Å². The molecule has 0 N–H and O–H groups in total. The maximum Gasteiger partial charge on any atom is 1.00 e. The third-order valence-corrected chi connectivity index (χ3v) is 1.89. The van der Waals surface area contributed by atoms with Gasteiger partial charge in [0.05, 0.1) is 0 Å². The molecule has 66 valence electrons. The second-order valence-electron chi connectivity index (χ2n) is 2.82.